The van der Waals surface area contributed by atoms with Gasteiger partial charge in [0, 0.05) is 16.0 Å². The SMILES string of the molecule is C[C@H](COc1ccccc1Sc1cccc(Cl)c1)N(C)CC(=O)O. The average molecular weight is 366 g/mol. The highest BCUT2D eigenvalue weighted by Crippen LogP contribution is 2.35. The fourth-order valence-electron chi connectivity index (χ4n) is 2.02. The van der Waals surface area contributed by atoms with E-state index in [0.29, 0.717) is 11.6 Å². The van der Waals surface area contributed by atoms with Crippen LogP contribution in [-0.4, -0.2) is 42.2 Å². The molecule has 0 radical (unpaired) electrons. The van der Waals surface area contributed by atoms with Gasteiger partial charge in [-0.05, 0) is 44.3 Å². The third-order valence-electron chi connectivity index (χ3n) is 3.49. The van der Waals surface area contributed by atoms with Crippen LogP contribution >= 0.6 is 23.4 Å². The molecule has 0 unspecified atom stereocenters. The number of ether oxygens (including phenoxy) is 1. The maximum absolute atomic E-state index is 10.8. The molecule has 1 N–H and O–H groups in total. The first-order valence-corrected chi connectivity index (χ1v) is 8.72. The van der Waals surface area contributed by atoms with Crippen LogP contribution in [0.3, 0.4) is 0 Å². The highest BCUT2D eigenvalue weighted by molar-refractivity contribution is 7.99. The molecule has 0 aliphatic carbocycles. The number of likely N-dealkylation sites (N-methyl/N-ethyl adjacent to an activating group) is 1. The smallest absolute Gasteiger partial charge is 0.317 e. The van der Waals surface area contributed by atoms with E-state index in [0.717, 1.165) is 15.5 Å². The molecular formula is C18H20ClNO3S. The predicted octanol–water partition coefficient (Wildman–Crippen LogP) is 4.27. The molecule has 2 aromatic rings. The van der Waals surface area contributed by atoms with E-state index in [-0.39, 0.29) is 12.6 Å². The van der Waals surface area contributed by atoms with Crippen molar-refractivity contribution in [3.63, 3.8) is 0 Å². The summed E-state index contributed by atoms with van der Waals surface area (Å²) in [5.74, 6) is -0.0701. The zero-order valence-electron chi connectivity index (χ0n) is 13.6. The number of carbonyl (C=O) groups is 1. The number of hydrogen-bond acceptors (Lipinski definition) is 4. The molecule has 0 heterocycles. The number of halogens is 1. The third kappa shape index (κ3) is 5.74. The second-order valence-corrected chi connectivity index (χ2v) is 7.03. The van der Waals surface area contributed by atoms with Gasteiger partial charge < -0.3 is 9.84 Å². The van der Waals surface area contributed by atoms with E-state index >= 15 is 0 Å². The van der Waals surface area contributed by atoms with Gasteiger partial charge in [-0.2, -0.15) is 0 Å². The Balaban J connectivity index is 2.02. The van der Waals surface area contributed by atoms with Gasteiger partial charge in [-0.3, -0.25) is 9.69 Å². The van der Waals surface area contributed by atoms with Crippen LogP contribution in [0.5, 0.6) is 5.75 Å². The number of hydrogen-bond donors (Lipinski definition) is 1. The predicted molar refractivity (Wildman–Crippen MR) is 97.2 cm³/mol. The van der Waals surface area contributed by atoms with Crippen molar-refractivity contribution in [2.45, 2.75) is 22.8 Å². The summed E-state index contributed by atoms with van der Waals surface area (Å²) in [5, 5.41) is 9.55. The van der Waals surface area contributed by atoms with Gasteiger partial charge in [-0.25, -0.2) is 0 Å². The largest absolute Gasteiger partial charge is 0.491 e. The molecule has 0 bridgehead atoms. The number of rotatable bonds is 8. The molecular weight excluding hydrogens is 346 g/mol. The van der Waals surface area contributed by atoms with E-state index in [1.807, 2.05) is 55.5 Å². The van der Waals surface area contributed by atoms with Gasteiger partial charge in [0.25, 0.3) is 0 Å². The van der Waals surface area contributed by atoms with Crippen molar-refractivity contribution in [2.75, 3.05) is 20.2 Å². The Morgan fingerprint density at radius 1 is 1.29 bits per heavy atom. The van der Waals surface area contributed by atoms with Gasteiger partial charge in [0.15, 0.2) is 0 Å². The van der Waals surface area contributed by atoms with E-state index < -0.39 is 5.97 Å². The Labute approximate surface area is 151 Å². The van der Waals surface area contributed by atoms with Crippen LogP contribution in [0.2, 0.25) is 5.02 Å². The number of carboxylic acids is 1. The third-order valence-corrected chi connectivity index (χ3v) is 4.77. The molecule has 6 heteroatoms. The molecule has 0 saturated carbocycles. The van der Waals surface area contributed by atoms with Crippen LogP contribution in [0.25, 0.3) is 0 Å². The Kier molecular flexibility index (Phi) is 6.97. The van der Waals surface area contributed by atoms with Crippen molar-refractivity contribution in [3.05, 3.63) is 53.6 Å². The molecule has 0 aliphatic heterocycles. The lowest BCUT2D eigenvalue weighted by atomic mass is 10.3. The maximum Gasteiger partial charge on any atom is 0.317 e. The molecule has 0 amide bonds. The number of benzene rings is 2. The van der Waals surface area contributed by atoms with Crippen LogP contribution in [0.4, 0.5) is 0 Å². The van der Waals surface area contributed by atoms with Crippen LogP contribution in [0, 0.1) is 0 Å². The van der Waals surface area contributed by atoms with E-state index in [1.54, 1.807) is 23.7 Å². The van der Waals surface area contributed by atoms with Crippen molar-refractivity contribution >= 4 is 29.3 Å². The molecule has 128 valence electrons. The summed E-state index contributed by atoms with van der Waals surface area (Å²) in [4.78, 5) is 14.6. The molecule has 0 aliphatic rings. The van der Waals surface area contributed by atoms with Gasteiger partial charge in [0.1, 0.15) is 12.4 Å². The molecule has 0 saturated heterocycles. The van der Waals surface area contributed by atoms with E-state index in [1.165, 1.54) is 0 Å². The van der Waals surface area contributed by atoms with Crippen molar-refractivity contribution in [1.82, 2.24) is 4.90 Å². The van der Waals surface area contributed by atoms with Gasteiger partial charge in [-0.1, -0.05) is 41.6 Å². The molecule has 2 rings (SSSR count). The quantitative estimate of drug-likeness (QED) is 0.756. The molecule has 0 fully saturated rings. The molecule has 24 heavy (non-hydrogen) atoms. The zero-order valence-corrected chi connectivity index (χ0v) is 15.2. The maximum atomic E-state index is 10.8. The highest BCUT2D eigenvalue weighted by atomic mass is 35.5. The lowest BCUT2D eigenvalue weighted by molar-refractivity contribution is -0.138. The fraction of sp³-hybridized carbons (Fsp3) is 0.278. The lowest BCUT2D eigenvalue weighted by Crippen LogP contribution is -2.37. The molecule has 0 aromatic heterocycles. The first kappa shape index (κ1) is 18.6. The Bertz CT molecular complexity index is 695. The molecule has 2 aromatic carbocycles. The summed E-state index contributed by atoms with van der Waals surface area (Å²) in [6, 6.07) is 15.4. The van der Waals surface area contributed by atoms with E-state index in [2.05, 4.69) is 0 Å². The molecule has 0 spiro atoms. The lowest BCUT2D eigenvalue weighted by Gasteiger charge is -2.23. The standard InChI is InChI=1S/C18H20ClNO3S/c1-13(20(2)11-18(21)22)12-23-16-8-3-4-9-17(16)24-15-7-5-6-14(19)10-15/h3-10,13H,11-12H2,1-2H3,(H,21,22)/t13-/m1/s1. The van der Waals surface area contributed by atoms with Crippen molar-refractivity contribution in [2.24, 2.45) is 0 Å². The molecule has 1 atom stereocenters. The number of nitrogens with zero attached hydrogens (tertiary/aromatic N) is 1. The minimum atomic E-state index is -0.846. The number of aliphatic carboxylic acids is 1. The number of carboxylic acid groups (broad SMARTS) is 1. The monoisotopic (exact) mass is 365 g/mol. The summed E-state index contributed by atoms with van der Waals surface area (Å²) in [6.07, 6.45) is 0. The topological polar surface area (TPSA) is 49.8 Å². The summed E-state index contributed by atoms with van der Waals surface area (Å²) in [7, 11) is 1.77. The first-order chi connectivity index (χ1) is 11.5. The highest BCUT2D eigenvalue weighted by Gasteiger charge is 2.14. The van der Waals surface area contributed by atoms with Crippen LogP contribution in [-0.2, 0) is 4.79 Å². The van der Waals surface area contributed by atoms with Crippen molar-refractivity contribution in [1.29, 1.82) is 0 Å². The second kappa shape index (κ2) is 8.97. The summed E-state index contributed by atoms with van der Waals surface area (Å²) >= 11 is 7.61. The Morgan fingerprint density at radius 3 is 2.75 bits per heavy atom. The Morgan fingerprint density at radius 2 is 2.04 bits per heavy atom. The van der Waals surface area contributed by atoms with Crippen molar-refractivity contribution < 1.29 is 14.6 Å². The van der Waals surface area contributed by atoms with Gasteiger partial charge in [-0.15, -0.1) is 0 Å². The summed E-state index contributed by atoms with van der Waals surface area (Å²) in [5.41, 5.74) is 0. The second-order valence-electron chi connectivity index (χ2n) is 5.48. The van der Waals surface area contributed by atoms with Gasteiger partial charge in [0.2, 0.25) is 0 Å². The fourth-order valence-corrected chi connectivity index (χ4v) is 3.23. The Hall–Kier alpha value is -1.69. The molecule has 4 nitrogen and oxygen atoms in total. The summed E-state index contributed by atoms with van der Waals surface area (Å²) < 4.78 is 5.92. The van der Waals surface area contributed by atoms with Gasteiger partial charge in [0.05, 0.1) is 11.4 Å². The number of para-hydroxylation sites is 1. The summed E-state index contributed by atoms with van der Waals surface area (Å²) in [6.45, 7) is 2.34. The average Bonchev–Trinajstić information content (AvgIpc) is 2.53. The minimum Gasteiger partial charge on any atom is -0.491 e. The zero-order chi connectivity index (χ0) is 17.5. The minimum absolute atomic E-state index is 0.00896. The van der Waals surface area contributed by atoms with Crippen LogP contribution in [0.1, 0.15) is 6.92 Å². The van der Waals surface area contributed by atoms with Gasteiger partial charge >= 0.3 is 5.97 Å². The van der Waals surface area contributed by atoms with E-state index in [4.69, 9.17) is 21.4 Å². The normalized spacial score (nSPS) is 12.2. The van der Waals surface area contributed by atoms with E-state index in [9.17, 15) is 4.79 Å². The van der Waals surface area contributed by atoms with Crippen LogP contribution in [0.15, 0.2) is 58.3 Å². The first-order valence-electron chi connectivity index (χ1n) is 7.53. The van der Waals surface area contributed by atoms with Crippen LogP contribution < -0.4 is 4.74 Å². The van der Waals surface area contributed by atoms with Crippen molar-refractivity contribution in [3.8, 4) is 5.75 Å².